The van der Waals surface area contributed by atoms with Crippen LogP contribution in [-0.4, -0.2) is 23.1 Å². The molecule has 0 amide bonds. The van der Waals surface area contributed by atoms with Crippen LogP contribution in [0.4, 0.5) is 0 Å². The monoisotopic (exact) mass is 498 g/mol. The van der Waals surface area contributed by atoms with Crippen LogP contribution < -0.4 is 0 Å². The molecule has 4 nitrogen and oxygen atoms in total. The molecule has 0 aromatic heterocycles. The molecule has 0 heterocycles. The summed E-state index contributed by atoms with van der Waals surface area (Å²) in [4.78, 5) is 24.7. The lowest BCUT2D eigenvalue weighted by Gasteiger charge is -2.71. The number of carboxylic acids is 1. The minimum Gasteiger partial charge on any atom is -0.481 e. The van der Waals surface area contributed by atoms with E-state index in [1.807, 2.05) is 0 Å². The van der Waals surface area contributed by atoms with Crippen molar-refractivity contribution >= 4 is 11.9 Å². The molecule has 4 fully saturated rings. The molecule has 0 unspecified atom stereocenters. The highest BCUT2D eigenvalue weighted by atomic mass is 16.5. The fourth-order valence-electron chi connectivity index (χ4n) is 11.2. The summed E-state index contributed by atoms with van der Waals surface area (Å²) in [5.74, 6) is 1.53. The van der Waals surface area contributed by atoms with Crippen LogP contribution in [-0.2, 0) is 14.3 Å². The maximum atomic E-state index is 12.9. The van der Waals surface area contributed by atoms with Gasteiger partial charge in [-0.25, -0.2) is 0 Å². The molecule has 5 aliphatic carbocycles. The van der Waals surface area contributed by atoms with Crippen LogP contribution in [0.5, 0.6) is 0 Å². The second kappa shape index (κ2) is 8.09. The number of carbonyl (C=O) groups excluding carboxylic acids is 1. The summed E-state index contributed by atoms with van der Waals surface area (Å²) in [7, 11) is 0. The maximum Gasteiger partial charge on any atom is 0.310 e. The van der Waals surface area contributed by atoms with E-state index in [4.69, 9.17) is 4.74 Å². The number of carbonyl (C=O) groups is 2. The quantitative estimate of drug-likeness (QED) is 0.313. The van der Waals surface area contributed by atoms with Gasteiger partial charge < -0.3 is 9.84 Å². The fraction of sp³-hybridized carbons (Fsp3) is 0.875. The van der Waals surface area contributed by atoms with Crippen molar-refractivity contribution in [1.82, 2.24) is 0 Å². The average molecular weight is 499 g/mol. The van der Waals surface area contributed by atoms with E-state index in [2.05, 4.69) is 54.5 Å². The van der Waals surface area contributed by atoms with E-state index in [0.717, 1.165) is 51.4 Å². The number of esters is 1. The van der Waals surface area contributed by atoms with Crippen LogP contribution in [0.15, 0.2) is 11.6 Å². The molecule has 5 aliphatic rings. The van der Waals surface area contributed by atoms with Gasteiger partial charge in [-0.05, 0) is 104 Å². The molecule has 10 atom stereocenters. The molecule has 0 aromatic rings. The first-order valence-corrected chi connectivity index (χ1v) is 14.8. The van der Waals surface area contributed by atoms with Crippen molar-refractivity contribution in [2.45, 2.75) is 119 Å². The van der Waals surface area contributed by atoms with Gasteiger partial charge in [0.15, 0.2) is 0 Å². The van der Waals surface area contributed by atoms with E-state index >= 15 is 0 Å². The number of allylic oxidation sites excluding steroid dienone is 2. The van der Waals surface area contributed by atoms with Crippen molar-refractivity contribution < 1.29 is 19.4 Å². The molecule has 202 valence electrons. The largest absolute Gasteiger partial charge is 0.481 e. The highest BCUT2D eigenvalue weighted by Crippen LogP contribution is 2.75. The third-order valence-electron chi connectivity index (χ3n) is 13.7. The van der Waals surface area contributed by atoms with Crippen LogP contribution in [0.3, 0.4) is 0 Å². The standard InChI is InChI=1S/C32H50O4/c1-19-11-16-32(27(34)35)18-17-30(7)22(26(32)20(19)2)9-10-24-29(6)14-13-25(36-21(3)33)28(4,5)23(29)12-15-31(24,30)8/h9,19-20,23-26H,10-18H2,1-8H3,(H,34,35)/t19-,20+,23-,24-,25+,26+,29+,30-,31-,32+/m1/s1. The number of aliphatic carboxylic acids is 1. The third kappa shape index (κ3) is 3.17. The zero-order chi connectivity index (χ0) is 26.5. The first-order chi connectivity index (χ1) is 16.6. The van der Waals surface area contributed by atoms with Gasteiger partial charge in [0.25, 0.3) is 0 Å². The van der Waals surface area contributed by atoms with Crippen molar-refractivity contribution in [1.29, 1.82) is 0 Å². The van der Waals surface area contributed by atoms with Gasteiger partial charge in [-0.1, -0.05) is 60.1 Å². The van der Waals surface area contributed by atoms with E-state index in [1.165, 1.54) is 12.0 Å². The van der Waals surface area contributed by atoms with Crippen LogP contribution >= 0.6 is 0 Å². The molecule has 5 rings (SSSR count). The van der Waals surface area contributed by atoms with Crippen molar-refractivity contribution in [2.24, 2.45) is 56.7 Å². The lowest BCUT2D eigenvalue weighted by Crippen LogP contribution is -2.65. The Morgan fingerprint density at radius 3 is 2.25 bits per heavy atom. The summed E-state index contributed by atoms with van der Waals surface area (Å²) in [5.41, 5.74) is 1.30. The molecule has 0 aromatic carbocycles. The highest BCUT2D eigenvalue weighted by Gasteiger charge is 2.69. The third-order valence-corrected chi connectivity index (χ3v) is 13.7. The second-order valence-corrected chi connectivity index (χ2v) is 15.1. The normalized spacial score (nSPS) is 51.5. The van der Waals surface area contributed by atoms with Gasteiger partial charge >= 0.3 is 11.9 Å². The van der Waals surface area contributed by atoms with Crippen molar-refractivity contribution in [3.05, 3.63) is 11.6 Å². The van der Waals surface area contributed by atoms with Gasteiger partial charge in [-0.3, -0.25) is 9.59 Å². The maximum absolute atomic E-state index is 12.9. The van der Waals surface area contributed by atoms with E-state index in [0.29, 0.717) is 23.7 Å². The minimum atomic E-state index is -0.578. The Balaban J connectivity index is 1.56. The van der Waals surface area contributed by atoms with Gasteiger partial charge in [0.1, 0.15) is 6.10 Å². The Hall–Kier alpha value is -1.32. The van der Waals surface area contributed by atoms with Crippen LogP contribution in [0.25, 0.3) is 0 Å². The lowest BCUT2D eigenvalue weighted by molar-refractivity contribution is -0.214. The lowest BCUT2D eigenvalue weighted by atomic mass is 9.33. The predicted molar refractivity (Wildman–Crippen MR) is 142 cm³/mol. The second-order valence-electron chi connectivity index (χ2n) is 15.1. The van der Waals surface area contributed by atoms with Crippen molar-refractivity contribution in [2.75, 3.05) is 0 Å². The van der Waals surface area contributed by atoms with Crippen LogP contribution in [0, 0.1) is 56.7 Å². The predicted octanol–water partition coefficient (Wildman–Crippen LogP) is 7.66. The number of ether oxygens (including phenoxy) is 1. The van der Waals surface area contributed by atoms with Gasteiger partial charge in [0.2, 0.25) is 0 Å². The summed E-state index contributed by atoms with van der Waals surface area (Å²) in [6.45, 7) is 18.5. The Labute approximate surface area is 219 Å². The van der Waals surface area contributed by atoms with E-state index in [1.54, 1.807) is 6.92 Å². The molecule has 0 spiro atoms. The van der Waals surface area contributed by atoms with E-state index < -0.39 is 11.4 Å². The molecule has 4 saturated carbocycles. The average Bonchev–Trinajstić information content (AvgIpc) is 2.78. The Morgan fingerprint density at radius 1 is 0.917 bits per heavy atom. The number of rotatable bonds is 2. The molecular weight excluding hydrogens is 448 g/mol. The Morgan fingerprint density at radius 2 is 1.61 bits per heavy atom. The van der Waals surface area contributed by atoms with Crippen molar-refractivity contribution in [3.63, 3.8) is 0 Å². The number of fused-ring (bicyclic) bond motifs is 7. The zero-order valence-electron chi connectivity index (χ0n) is 24.1. The van der Waals surface area contributed by atoms with E-state index in [-0.39, 0.29) is 39.7 Å². The van der Waals surface area contributed by atoms with Gasteiger partial charge in [0, 0.05) is 12.3 Å². The highest BCUT2D eigenvalue weighted by molar-refractivity contribution is 5.76. The molecular formula is C32H50O4. The Bertz CT molecular complexity index is 981. The summed E-state index contributed by atoms with van der Waals surface area (Å²) >= 11 is 0. The minimum absolute atomic E-state index is 0.00171. The summed E-state index contributed by atoms with van der Waals surface area (Å²) < 4.78 is 5.88. The van der Waals surface area contributed by atoms with Crippen LogP contribution in [0.1, 0.15) is 113 Å². The number of hydrogen-bond donors (Lipinski definition) is 1. The molecule has 4 heteroatoms. The smallest absolute Gasteiger partial charge is 0.310 e. The van der Waals surface area contributed by atoms with Gasteiger partial charge in [-0.15, -0.1) is 0 Å². The first kappa shape index (κ1) is 26.3. The molecule has 0 bridgehead atoms. The fourth-order valence-corrected chi connectivity index (χ4v) is 11.2. The number of carboxylic acid groups (broad SMARTS) is 1. The summed E-state index contributed by atoms with van der Waals surface area (Å²) in [6.07, 6.45) is 11.7. The zero-order valence-corrected chi connectivity index (χ0v) is 24.1. The van der Waals surface area contributed by atoms with Gasteiger partial charge in [-0.2, -0.15) is 0 Å². The molecule has 0 saturated heterocycles. The van der Waals surface area contributed by atoms with E-state index in [9.17, 15) is 14.7 Å². The molecule has 0 aliphatic heterocycles. The first-order valence-electron chi connectivity index (χ1n) is 14.8. The van der Waals surface area contributed by atoms with Crippen molar-refractivity contribution in [3.8, 4) is 0 Å². The molecule has 0 radical (unpaired) electrons. The van der Waals surface area contributed by atoms with Crippen LogP contribution in [0.2, 0.25) is 0 Å². The van der Waals surface area contributed by atoms with Gasteiger partial charge in [0.05, 0.1) is 5.41 Å². The SMILES string of the molecule is CC(=O)O[C@H]1CC[C@@]2(C)[C@H](CC[C@]3(C)[C@@H]2CC=C2[C@@H]4[C@@H](C)[C@H](C)CC[C@]4(C(=O)O)CC[C@]23C)C1(C)C. The molecule has 36 heavy (non-hydrogen) atoms. The molecule has 1 N–H and O–H groups in total. The Kier molecular flexibility index (Phi) is 5.91. The topological polar surface area (TPSA) is 63.6 Å². The summed E-state index contributed by atoms with van der Waals surface area (Å²) in [5, 5.41) is 10.6. The number of hydrogen-bond acceptors (Lipinski definition) is 3. The summed E-state index contributed by atoms with van der Waals surface area (Å²) in [6, 6.07) is 0.